The standard InChI is InChI=1S/C19H22N2O3S2/c1-14(2)25-18-10-4-15(5-11-18)19(22)20-16-6-8-17(9-7-16)21-12-3-13-26(21,23)24/h4-11,14H,3,12-13H2,1-2H3,(H,20,22). The first-order valence-electron chi connectivity index (χ1n) is 8.54. The number of hydrogen-bond donors (Lipinski definition) is 1. The highest BCUT2D eigenvalue weighted by atomic mass is 32.2. The molecule has 0 aliphatic carbocycles. The van der Waals surface area contributed by atoms with E-state index < -0.39 is 10.0 Å². The smallest absolute Gasteiger partial charge is 0.255 e. The number of carbonyl (C=O) groups excluding carboxylic acids is 1. The molecule has 0 aromatic heterocycles. The van der Waals surface area contributed by atoms with Crippen molar-refractivity contribution in [3.05, 3.63) is 54.1 Å². The molecule has 1 N–H and O–H groups in total. The summed E-state index contributed by atoms with van der Waals surface area (Å²) in [5, 5.41) is 3.34. The van der Waals surface area contributed by atoms with Gasteiger partial charge in [0.05, 0.1) is 11.4 Å². The van der Waals surface area contributed by atoms with E-state index in [1.807, 2.05) is 24.3 Å². The summed E-state index contributed by atoms with van der Waals surface area (Å²) in [7, 11) is -3.19. The Morgan fingerprint density at radius 3 is 2.27 bits per heavy atom. The van der Waals surface area contributed by atoms with E-state index >= 15 is 0 Å². The van der Waals surface area contributed by atoms with Crippen LogP contribution in [0.3, 0.4) is 0 Å². The topological polar surface area (TPSA) is 66.5 Å². The highest BCUT2D eigenvalue weighted by Crippen LogP contribution is 2.26. The minimum absolute atomic E-state index is 0.187. The summed E-state index contributed by atoms with van der Waals surface area (Å²) >= 11 is 1.75. The number of rotatable bonds is 5. The van der Waals surface area contributed by atoms with Gasteiger partial charge in [-0.15, -0.1) is 11.8 Å². The number of nitrogens with zero attached hydrogens (tertiary/aromatic N) is 1. The van der Waals surface area contributed by atoms with Crippen LogP contribution in [0.2, 0.25) is 0 Å². The van der Waals surface area contributed by atoms with Gasteiger partial charge in [0.25, 0.3) is 5.91 Å². The second-order valence-corrected chi connectivity index (χ2v) is 10.1. The minimum atomic E-state index is -3.19. The van der Waals surface area contributed by atoms with Crippen molar-refractivity contribution in [1.29, 1.82) is 0 Å². The Morgan fingerprint density at radius 1 is 1.08 bits per heavy atom. The van der Waals surface area contributed by atoms with Crippen LogP contribution in [0.25, 0.3) is 0 Å². The third kappa shape index (κ3) is 4.40. The van der Waals surface area contributed by atoms with Crippen LogP contribution in [0.15, 0.2) is 53.4 Å². The van der Waals surface area contributed by atoms with Gasteiger partial charge in [-0.2, -0.15) is 0 Å². The second-order valence-electron chi connectivity index (χ2n) is 6.43. The Kier molecular flexibility index (Phi) is 5.58. The molecular weight excluding hydrogens is 368 g/mol. The molecule has 0 radical (unpaired) electrons. The van der Waals surface area contributed by atoms with Crippen molar-refractivity contribution in [2.24, 2.45) is 0 Å². The van der Waals surface area contributed by atoms with E-state index in [0.29, 0.717) is 35.2 Å². The van der Waals surface area contributed by atoms with Gasteiger partial charge in [0.1, 0.15) is 0 Å². The van der Waals surface area contributed by atoms with E-state index in [0.717, 1.165) is 4.90 Å². The molecule has 1 heterocycles. The molecule has 1 saturated heterocycles. The summed E-state index contributed by atoms with van der Waals surface area (Å²) in [6, 6.07) is 14.4. The molecule has 0 bridgehead atoms. The van der Waals surface area contributed by atoms with Crippen LogP contribution in [0.4, 0.5) is 11.4 Å². The number of anilines is 2. The molecule has 2 aromatic carbocycles. The van der Waals surface area contributed by atoms with Crippen molar-refractivity contribution < 1.29 is 13.2 Å². The Labute approximate surface area is 158 Å². The van der Waals surface area contributed by atoms with Gasteiger partial charge in [-0.3, -0.25) is 9.10 Å². The molecule has 0 unspecified atom stereocenters. The van der Waals surface area contributed by atoms with Gasteiger partial charge in [0.2, 0.25) is 10.0 Å². The van der Waals surface area contributed by atoms with Crippen molar-refractivity contribution in [1.82, 2.24) is 0 Å². The fourth-order valence-corrected chi connectivity index (χ4v) is 5.20. The summed E-state index contributed by atoms with van der Waals surface area (Å²) in [5.41, 5.74) is 1.86. The number of benzene rings is 2. The number of nitrogens with one attached hydrogen (secondary N) is 1. The van der Waals surface area contributed by atoms with Crippen molar-refractivity contribution in [2.45, 2.75) is 30.4 Å². The molecule has 1 aliphatic rings. The van der Waals surface area contributed by atoms with Gasteiger partial charge in [-0.05, 0) is 55.0 Å². The molecule has 26 heavy (non-hydrogen) atoms. The van der Waals surface area contributed by atoms with Gasteiger partial charge >= 0.3 is 0 Å². The van der Waals surface area contributed by atoms with Crippen LogP contribution in [-0.4, -0.2) is 31.9 Å². The highest BCUT2D eigenvalue weighted by Gasteiger charge is 2.28. The predicted octanol–water partition coefficient (Wildman–Crippen LogP) is 3.98. The van der Waals surface area contributed by atoms with Crippen molar-refractivity contribution in [2.75, 3.05) is 21.9 Å². The molecule has 138 valence electrons. The van der Waals surface area contributed by atoms with Crippen LogP contribution in [0.5, 0.6) is 0 Å². The minimum Gasteiger partial charge on any atom is -0.322 e. The summed E-state index contributed by atoms with van der Waals surface area (Å²) in [6.45, 7) is 4.76. The number of hydrogen-bond acceptors (Lipinski definition) is 4. The zero-order chi connectivity index (χ0) is 18.7. The normalized spacial score (nSPS) is 16.0. The average Bonchev–Trinajstić information content (AvgIpc) is 2.95. The third-order valence-electron chi connectivity index (χ3n) is 4.00. The number of sulfonamides is 1. The predicted molar refractivity (Wildman–Crippen MR) is 108 cm³/mol. The molecule has 1 aliphatic heterocycles. The maximum Gasteiger partial charge on any atom is 0.255 e. The molecule has 0 saturated carbocycles. The molecular formula is C19H22N2O3S2. The van der Waals surface area contributed by atoms with E-state index in [4.69, 9.17) is 0 Å². The number of thioether (sulfide) groups is 1. The lowest BCUT2D eigenvalue weighted by molar-refractivity contribution is 0.102. The molecule has 7 heteroatoms. The maximum absolute atomic E-state index is 12.4. The van der Waals surface area contributed by atoms with Gasteiger partial charge in [0.15, 0.2) is 0 Å². The fourth-order valence-electron chi connectivity index (χ4n) is 2.80. The lowest BCUT2D eigenvalue weighted by atomic mass is 10.2. The Balaban J connectivity index is 1.66. The SMILES string of the molecule is CC(C)Sc1ccc(C(=O)Nc2ccc(N3CCCS3(=O)=O)cc2)cc1. The van der Waals surface area contributed by atoms with Crippen LogP contribution in [0.1, 0.15) is 30.6 Å². The van der Waals surface area contributed by atoms with Crippen molar-refractivity contribution in [3.8, 4) is 0 Å². The molecule has 0 spiro atoms. The summed E-state index contributed by atoms with van der Waals surface area (Å²) in [5.74, 6) is 0.00368. The summed E-state index contributed by atoms with van der Waals surface area (Å²) < 4.78 is 25.3. The average molecular weight is 391 g/mol. The van der Waals surface area contributed by atoms with Crippen LogP contribution >= 0.6 is 11.8 Å². The molecule has 2 aromatic rings. The fraction of sp³-hybridized carbons (Fsp3) is 0.316. The highest BCUT2D eigenvalue weighted by molar-refractivity contribution is 7.99. The monoisotopic (exact) mass is 390 g/mol. The van der Waals surface area contributed by atoms with E-state index in [1.54, 1.807) is 36.0 Å². The molecule has 0 atom stereocenters. The van der Waals surface area contributed by atoms with Crippen LogP contribution in [-0.2, 0) is 10.0 Å². The lowest BCUT2D eigenvalue weighted by Crippen LogP contribution is -2.24. The summed E-state index contributed by atoms with van der Waals surface area (Å²) in [6.07, 6.45) is 0.645. The van der Waals surface area contributed by atoms with E-state index in [-0.39, 0.29) is 11.7 Å². The quantitative estimate of drug-likeness (QED) is 0.784. The van der Waals surface area contributed by atoms with E-state index in [2.05, 4.69) is 19.2 Å². The van der Waals surface area contributed by atoms with E-state index in [1.165, 1.54) is 4.31 Å². The van der Waals surface area contributed by atoms with E-state index in [9.17, 15) is 13.2 Å². The Morgan fingerprint density at radius 2 is 1.73 bits per heavy atom. The van der Waals surface area contributed by atoms with Crippen LogP contribution in [0, 0.1) is 0 Å². The van der Waals surface area contributed by atoms with Crippen LogP contribution < -0.4 is 9.62 Å². The molecule has 5 nitrogen and oxygen atoms in total. The molecule has 1 fully saturated rings. The zero-order valence-corrected chi connectivity index (χ0v) is 16.4. The first-order valence-corrected chi connectivity index (χ1v) is 11.0. The van der Waals surface area contributed by atoms with Crippen molar-refractivity contribution >= 4 is 39.1 Å². The molecule has 3 rings (SSSR count). The Hall–Kier alpha value is -1.99. The zero-order valence-electron chi connectivity index (χ0n) is 14.8. The van der Waals surface area contributed by atoms with Gasteiger partial charge in [0, 0.05) is 27.9 Å². The largest absolute Gasteiger partial charge is 0.322 e. The Bertz CT molecular complexity index is 876. The second kappa shape index (κ2) is 7.72. The van der Waals surface area contributed by atoms with Gasteiger partial charge in [-0.25, -0.2) is 8.42 Å². The van der Waals surface area contributed by atoms with Crippen molar-refractivity contribution in [3.63, 3.8) is 0 Å². The number of amides is 1. The summed E-state index contributed by atoms with van der Waals surface area (Å²) in [4.78, 5) is 13.5. The van der Waals surface area contributed by atoms with Gasteiger partial charge in [-0.1, -0.05) is 13.8 Å². The van der Waals surface area contributed by atoms with Gasteiger partial charge < -0.3 is 5.32 Å². The first kappa shape index (κ1) is 18.8. The lowest BCUT2D eigenvalue weighted by Gasteiger charge is -2.17. The third-order valence-corrected chi connectivity index (χ3v) is 6.89. The number of carbonyl (C=O) groups is 1. The maximum atomic E-state index is 12.4. The molecule has 1 amide bonds. The first-order chi connectivity index (χ1) is 12.3.